The number of hydrogen-bond acceptors (Lipinski definition) is 5. The maximum absolute atomic E-state index is 12.9. The first-order chi connectivity index (χ1) is 12.4. The molecule has 0 aliphatic carbocycles. The molecule has 0 aromatic heterocycles. The molecule has 0 unspecified atom stereocenters. The first-order valence-corrected chi connectivity index (χ1v) is 9.26. The van der Waals surface area contributed by atoms with Crippen molar-refractivity contribution in [3.63, 3.8) is 0 Å². The Morgan fingerprint density at radius 1 is 0.923 bits per heavy atom. The van der Waals surface area contributed by atoms with Crippen molar-refractivity contribution in [2.45, 2.75) is 4.90 Å². The molecule has 3 aromatic rings. The molecule has 7 heteroatoms. The van der Waals surface area contributed by atoms with E-state index in [1.54, 1.807) is 49.5 Å². The molecule has 0 saturated carbocycles. The Bertz CT molecular complexity index is 1150. The Kier molecular flexibility index (Phi) is 3.62. The van der Waals surface area contributed by atoms with Gasteiger partial charge in [0.15, 0.2) is 11.5 Å². The number of amides is 1. The van der Waals surface area contributed by atoms with Crippen molar-refractivity contribution in [2.24, 2.45) is 0 Å². The number of anilines is 1. The first-order valence-electron chi connectivity index (χ1n) is 7.85. The molecule has 1 heterocycles. The van der Waals surface area contributed by atoms with Gasteiger partial charge in [-0.15, -0.1) is 0 Å². The average molecular weight is 369 g/mol. The zero-order chi connectivity index (χ0) is 18.5. The second-order valence-electron chi connectivity index (χ2n) is 5.86. The number of ether oxygens (including phenoxy) is 1. The molecule has 132 valence electrons. The molecule has 3 aromatic carbocycles. The van der Waals surface area contributed by atoms with Crippen molar-refractivity contribution in [3.05, 3.63) is 60.2 Å². The third kappa shape index (κ3) is 2.32. The van der Waals surface area contributed by atoms with Crippen molar-refractivity contribution in [1.29, 1.82) is 0 Å². The lowest BCUT2D eigenvalue weighted by molar-refractivity contribution is 0.0999. The fourth-order valence-electron chi connectivity index (χ4n) is 3.18. The molecule has 0 radical (unpaired) electrons. The third-order valence-corrected chi connectivity index (χ3v) is 5.71. The van der Waals surface area contributed by atoms with Crippen LogP contribution in [0.4, 0.5) is 5.69 Å². The summed E-state index contributed by atoms with van der Waals surface area (Å²) in [7, 11) is -1.02. The topological polar surface area (TPSA) is 72.9 Å². The second kappa shape index (κ2) is 5.74. The van der Waals surface area contributed by atoms with Gasteiger partial charge in [-0.2, -0.15) is 8.42 Å². The van der Waals surface area contributed by atoms with Crippen LogP contribution in [-0.2, 0) is 10.1 Å². The van der Waals surface area contributed by atoms with Gasteiger partial charge in [-0.1, -0.05) is 24.3 Å². The summed E-state index contributed by atoms with van der Waals surface area (Å²) in [6, 6.07) is 14.6. The Morgan fingerprint density at radius 3 is 2.38 bits per heavy atom. The quantitative estimate of drug-likeness (QED) is 0.661. The molecule has 0 saturated heterocycles. The SMILES string of the molecule is COc1ccccc1OS(=O)(=O)c1ccc2c3c(cccc13)C(=O)N2C. The van der Waals surface area contributed by atoms with E-state index in [2.05, 4.69) is 0 Å². The van der Waals surface area contributed by atoms with Crippen LogP contribution < -0.4 is 13.8 Å². The van der Waals surface area contributed by atoms with E-state index in [0.717, 1.165) is 0 Å². The Balaban J connectivity index is 1.89. The van der Waals surface area contributed by atoms with E-state index < -0.39 is 10.1 Å². The predicted octanol–water partition coefficient (Wildman–Crippen LogP) is 3.21. The molecule has 1 aliphatic heterocycles. The average Bonchev–Trinajstić information content (AvgIpc) is 2.89. The van der Waals surface area contributed by atoms with Crippen LogP contribution in [0.2, 0.25) is 0 Å². The highest BCUT2D eigenvalue weighted by Gasteiger charge is 2.31. The molecule has 1 aliphatic rings. The molecule has 4 rings (SSSR count). The maximum atomic E-state index is 12.9. The molecule has 0 bridgehead atoms. The molecule has 0 spiro atoms. The molecule has 0 N–H and O–H groups in total. The van der Waals surface area contributed by atoms with E-state index in [-0.39, 0.29) is 16.6 Å². The largest absolute Gasteiger partial charge is 0.493 e. The molecule has 0 fully saturated rings. The van der Waals surface area contributed by atoms with Crippen molar-refractivity contribution in [3.8, 4) is 11.5 Å². The normalized spacial score (nSPS) is 13.3. The van der Waals surface area contributed by atoms with Crippen molar-refractivity contribution in [2.75, 3.05) is 19.1 Å². The molecule has 1 amide bonds. The van der Waals surface area contributed by atoms with Gasteiger partial charge in [-0.05, 0) is 30.3 Å². The van der Waals surface area contributed by atoms with Crippen LogP contribution in [0.1, 0.15) is 10.4 Å². The number of carbonyl (C=O) groups excluding carboxylic acids is 1. The summed E-state index contributed by atoms with van der Waals surface area (Å²) in [5.41, 5.74) is 1.16. The van der Waals surface area contributed by atoms with Crippen molar-refractivity contribution < 1.29 is 22.1 Å². The monoisotopic (exact) mass is 369 g/mol. The second-order valence-corrected chi connectivity index (χ2v) is 7.38. The van der Waals surface area contributed by atoms with Gasteiger partial charge in [0, 0.05) is 23.4 Å². The van der Waals surface area contributed by atoms with Crippen LogP contribution in [0.15, 0.2) is 59.5 Å². The van der Waals surface area contributed by atoms with Crippen LogP contribution in [0.3, 0.4) is 0 Å². The van der Waals surface area contributed by atoms with Crippen LogP contribution in [-0.4, -0.2) is 28.5 Å². The van der Waals surface area contributed by atoms with Gasteiger partial charge in [0.2, 0.25) is 0 Å². The van der Waals surface area contributed by atoms with Gasteiger partial charge in [-0.25, -0.2) is 0 Å². The van der Waals surface area contributed by atoms with E-state index in [0.29, 0.717) is 27.8 Å². The number of benzene rings is 3. The summed E-state index contributed by atoms with van der Waals surface area (Å²) in [5.74, 6) is 0.258. The minimum atomic E-state index is -4.12. The highest BCUT2D eigenvalue weighted by molar-refractivity contribution is 7.87. The van der Waals surface area contributed by atoms with Crippen LogP contribution >= 0.6 is 0 Å². The highest BCUT2D eigenvalue weighted by Crippen LogP contribution is 2.40. The number of rotatable bonds is 4. The summed E-state index contributed by atoms with van der Waals surface area (Å²) in [6.07, 6.45) is 0. The molecule has 26 heavy (non-hydrogen) atoms. The molecular weight excluding hydrogens is 354 g/mol. The summed E-state index contributed by atoms with van der Waals surface area (Å²) in [5, 5.41) is 1.07. The zero-order valence-electron chi connectivity index (χ0n) is 14.1. The van der Waals surface area contributed by atoms with Gasteiger partial charge in [0.05, 0.1) is 12.8 Å². The van der Waals surface area contributed by atoms with Crippen LogP contribution in [0.25, 0.3) is 10.8 Å². The van der Waals surface area contributed by atoms with Crippen molar-refractivity contribution >= 4 is 32.5 Å². The van der Waals surface area contributed by atoms with E-state index in [4.69, 9.17) is 8.92 Å². The molecule has 6 nitrogen and oxygen atoms in total. The van der Waals surface area contributed by atoms with Crippen LogP contribution in [0, 0.1) is 0 Å². The molecule has 0 atom stereocenters. The highest BCUT2D eigenvalue weighted by atomic mass is 32.2. The molecular formula is C19H15NO5S. The lowest BCUT2D eigenvalue weighted by Crippen LogP contribution is -2.20. The summed E-state index contributed by atoms with van der Waals surface area (Å²) in [4.78, 5) is 13.9. The number of methoxy groups -OCH3 is 1. The first kappa shape index (κ1) is 16.4. The van der Waals surface area contributed by atoms with E-state index in [9.17, 15) is 13.2 Å². The summed E-state index contributed by atoms with van der Waals surface area (Å²) in [6.45, 7) is 0. The third-order valence-electron chi connectivity index (χ3n) is 4.41. The van der Waals surface area contributed by atoms with Gasteiger partial charge in [0.25, 0.3) is 5.91 Å². The maximum Gasteiger partial charge on any atom is 0.339 e. The number of nitrogens with zero attached hydrogens (tertiary/aromatic N) is 1. The van der Waals surface area contributed by atoms with E-state index >= 15 is 0 Å². The number of hydrogen-bond donors (Lipinski definition) is 0. The Labute approximate surface area is 150 Å². The van der Waals surface area contributed by atoms with Gasteiger partial charge in [-0.3, -0.25) is 4.79 Å². The summed E-state index contributed by atoms with van der Waals surface area (Å²) >= 11 is 0. The predicted molar refractivity (Wildman–Crippen MR) is 97.5 cm³/mol. The number of carbonyl (C=O) groups is 1. The fourth-order valence-corrected chi connectivity index (χ4v) is 4.32. The smallest absolute Gasteiger partial charge is 0.339 e. The van der Waals surface area contributed by atoms with Gasteiger partial charge in [0.1, 0.15) is 4.90 Å². The van der Waals surface area contributed by atoms with E-state index in [1.165, 1.54) is 24.1 Å². The zero-order valence-corrected chi connectivity index (χ0v) is 14.9. The van der Waals surface area contributed by atoms with Gasteiger partial charge >= 0.3 is 10.1 Å². The standard InChI is InChI=1S/C19H15NO5S/c1-20-14-10-11-17(12-6-5-7-13(18(12)14)19(20)21)26(22,23)25-16-9-4-3-8-15(16)24-2/h3-11H,1-2H3. The minimum Gasteiger partial charge on any atom is -0.493 e. The minimum absolute atomic E-state index is 0.00658. The lowest BCUT2D eigenvalue weighted by atomic mass is 10.1. The fraction of sp³-hybridized carbons (Fsp3) is 0.105. The summed E-state index contributed by atoms with van der Waals surface area (Å²) < 4.78 is 36.3. The lowest BCUT2D eigenvalue weighted by Gasteiger charge is -2.13. The van der Waals surface area contributed by atoms with Crippen molar-refractivity contribution in [1.82, 2.24) is 0 Å². The van der Waals surface area contributed by atoms with Gasteiger partial charge < -0.3 is 13.8 Å². The Hall–Kier alpha value is -3.06. The number of para-hydroxylation sites is 2. The van der Waals surface area contributed by atoms with E-state index in [1.807, 2.05) is 0 Å². The van der Waals surface area contributed by atoms with Crippen LogP contribution in [0.5, 0.6) is 11.5 Å². The Morgan fingerprint density at radius 2 is 1.65 bits per heavy atom.